The fourth-order valence-electron chi connectivity index (χ4n) is 1.82. The third-order valence-electron chi connectivity index (χ3n) is 2.64. The summed E-state index contributed by atoms with van der Waals surface area (Å²) in [6.07, 6.45) is 0.0568. The van der Waals surface area contributed by atoms with E-state index in [0.29, 0.717) is 11.1 Å². The first-order chi connectivity index (χ1) is 8.11. The quantitative estimate of drug-likeness (QED) is 0.427. The number of fused-ring (bicyclic) bond motifs is 1. The number of nitrogens with zero attached hydrogens (tertiary/aromatic N) is 1. The van der Waals surface area contributed by atoms with Crippen molar-refractivity contribution in [1.29, 1.82) is 0 Å². The maximum Gasteiger partial charge on any atom is 1.00 e. The summed E-state index contributed by atoms with van der Waals surface area (Å²) in [4.78, 5) is 35.0. The Bertz CT molecular complexity index is 466. The molecule has 0 bridgehead atoms. The Hall–Kier alpha value is -0.534. The van der Waals surface area contributed by atoms with Gasteiger partial charge in [-0.1, -0.05) is 12.1 Å². The van der Waals surface area contributed by atoms with Crippen molar-refractivity contribution in [2.75, 3.05) is 6.54 Å². The molecule has 1 aromatic carbocycles. The van der Waals surface area contributed by atoms with Crippen LogP contribution in [0.3, 0.4) is 0 Å². The van der Waals surface area contributed by atoms with E-state index in [2.05, 4.69) is 0 Å². The molecule has 88 valence electrons. The van der Waals surface area contributed by atoms with Gasteiger partial charge in [0, 0.05) is 12.5 Å². The van der Waals surface area contributed by atoms with E-state index in [0.717, 1.165) is 4.90 Å². The van der Waals surface area contributed by atoms with Crippen LogP contribution in [0.5, 0.6) is 0 Å². The van der Waals surface area contributed by atoms with Gasteiger partial charge >= 0.3 is 51.4 Å². The first-order valence-corrected chi connectivity index (χ1v) is 5.26. The van der Waals surface area contributed by atoms with Gasteiger partial charge in [0.25, 0.3) is 11.8 Å². The van der Waals surface area contributed by atoms with Crippen LogP contribution in [0.2, 0.25) is 0 Å². The minimum absolute atomic E-state index is 0. The van der Waals surface area contributed by atoms with Gasteiger partial charge in [-0.15, -0.1) is 0 Å². The number of carbonyl (C=O) groups is 3. The molecule has 0 aliphatic carbocycles. The fraction of sp³-hybridized carbons (Fsp3) is 0.250. The van der Waals surface area contributed by atoms with E-state index in [1.165, 1.54) is 0 Å². The van der Waals surface area contributed by atoms with Crippen molar-refractivity contribution in [3.05, 3.63) is 35.4 Å². The Morgan fingerprint density at radius 2 is 1.61 bits per heavy atom. The molecule has 0 spiro atoms. The first-order valence-electron chi connectivity index (χ1n) is 5.26. The number of benzene rings is 1. The van der Waals surface area contributed by atoms with Gasteiger partial charge in [-0.05, 0) is 25.0 Å². The van der Waals surface area contributed by atoms with Crippen LogP contribution in [0.25, 0.3) is 0 Å². The van der Waals surface area contributed by atoms with Crippen LogP contribution in [0.1, 0.15) is 33.6 Å². The summed E-state index contributed by atoms with van der Waals surface area (Å²) < 4.78 is 0. The van der Waals surface area contributed by atoms with Crippen molar-refractivity contribution in [2.45, 2.75) is 12.8 Å². The van der Waals surface area contributed by atoms with Crippen LogP contribution in [0.15, 0.2) is 24.3 Å². The van der Waals surface area contributed by atoms with Gasteiger partial charge in [0.1, 0.15) is 0 Å². The Morgan fingerprint density at radius 3 is 2.06 bits per heavy atom. The van der Waals surface area contributed by atoms with E-state index in [1.807, 2.05) is 0 Å². The molecule has 1 heterocycles. The van der Waals surface area contributed by atoms with Crippen molar-refractivity contribution < 1.29 is 70.9 Å². The number of hydrogen-bond acceptors (Lipinski definition) is 4. The third-order valence-corrected chi connectivity index (χ3v) is 2.64. The number of amides is 2. The molecule has 0 N–H and O–H groups in total. The van der Waals surface area contributed by atoms with E-state index < -0.39 is 5.97 Å². The van der Waals surface area contributed by atoms with Gasteiger partial charge in [-0.2, -0.15) is 0 Å². The second-order valence-corrected chi connectivity index (χ2v) is 3.78. The first kappa shape index (κ1) is 15.5. The maximum absolute atomic E-state index is 11.8. The molecule has 0 aromatic heterocycles. The predicted molar refractivity (Wildman–Crippen MR) is 56.1 cm³/mol. The summed E-state index contributed by atoms with van der Waals surface area (Å²) in [5.74, 6) is -1.89. The molecule has 0 radical (unpaired) electrons. The molecule has 0 saturated heterocycles. The average Bonchev–Trinajstić information content (AvgIpc) is 2.54. The van der Waals surface area contributed by atoms with Gasteiger partial charge in [-0.3, -0.25) is 14.5 Å². The average molecular weight is 271 g/mol. The minimum atomic E-state index is -1.18. The molecule has 0 saturated carbocycles. The monoisotopic (exact) mass is 271 g/mol. The second-order valence-electron chi connectivity index (χ2n) is 3.78. The molecular weight excluding hydrogens is 261 g/mol. The number of rotatable bonds is 4. The number of carboxylic acids is 1. The molecule has 18 heavy (non-hydrogen) atoms. The molecule has 1 aromatic rings. The largest absolute Gasteiger partial charge is 1.00 e. The summed E-state index contributed by atoms with van der Waals surface area (Å²) in [5, 5.41) is 10.3. The van der Waals surface area contributed by atoms with Crippen LogP contribution in [-0.2, 0) is 4.79 Å². The van der Waals surface area contributed by atoms with E-state index >= 15 is 0 Å². The molecular formula is C12H10KNO4. The van der Waals surface area contributed by atoms with Gasteiger partial charge in [-0.25, -0.2) is 0 Å². The minimum Gasteiger partial charge on any atom is -0.550 e. The number of imide groups is 1. The second kappa shape index (κ2) is 6.58. The van der Waals surface area contributed by atoms with E-state index in [4.69, 9.17) is 0 Å². The maximum atomic E-state index is 11.8. The van der Waals surface area contributed by atoms with Gasteiger partial charge in [0.2, 0.25) is 0 Å². The van der Waals surface area contributed by atoms with Crippen molar-refractivity contribution in [2.24, 2.45) is 0 Å². The van der Waals surface area contributed by atoms with Gasteiger partial charge in [0.15, 0.2) is 0 Å². The number of aliphatic carboxylic acids is 1. The van der Waals surface area contributed by atoms with Crippen molar-refractivity contribution >= 4 is 17.8 Å². The smallest absolute Gasteiger partial charge is 0.550 e. The topological polar surface area (TPSA) is 77.5 Å². The van der Waals surface area contributed by atoms with Crippen LogP contribution >= 0.6 is 0 Å². The van der Waals surface area contributed by atoms with Crippen molar-refractivity contribution in [3.63, 3.8) is 0 Å². The Balaban J connectivity index is 0.00000162. The number of hydrogen-bond donors (Lipinski definition) is 0. The van der Waals surface area contributed by atoms with E-state index in [1.54, 1.807) is 24.3 Å². The molecule has 1 aliphatic heterocycles. The van der Waals surface area contributed by atoms with Crippen LogP contribution in [0, 0.1) is 0 Å². The summed E-state index contributed by atoms with van der Waals surface area (Å²) in [7, 11) is 0. The molecule has 1 aliphatic rings. The molecule has 2 amide bonds. The SMILES string of the molecule is O=C([O-])CCCN1C(=O)c2ccccc2C1=O.[K+]. The van der Waals surface area contributed by atoms with E-state index in [9.17, 15) is 19.5 Å². The molecule has 2 rings (SSSR count). The Morgan fingerprint density at radius 1 is 1.11 bits per heavy atom. The summed E-state index contributed by atoms with van der Waals surface area (Å²) in [6, 6.07) is 6.56. The molecule has 5 nitrogen and oxygen atoms in total. The Labute approximate surface area is 147 Å². The molecule has 0 atom stereocenters. The van der Waals surface area contributed by atoms with Crippen LogP contribution < -0.4 is 56.5 Å². The molecule has 6 heteroatoms. The summed E-state index contributed by atoms with van der Waals surface area (Å²) >= 11 is 0. The fourth-order valence-corrected chi connectivity index (χ4v) is 1.82. The summed E-state index contributed by atoms with van der Waals surface area (Å²) in [6.45, 7) is 0.111. The third kappa shape index (κ3) is 3.07. The zero-order valence-corrected chi connectivity index (χ0v) is 13.1. The van der Waals surface area contributed by atoms with Gasteiger partial charge in [0.05, 0.1) is 11.1 Å². The van der Waals surface area contributed by atoms with Gasteiger partial charge < -0.3 is 9.90 Å². The van der Waals surface area contributed by atoms with E-state index in [-0.39, 0.29) is 82.6 Å². The van der Waals surface area contributed by atoms with Crippen LogP contribution in [-0.4, -0.2) is 29.2 Å². The summed E-state index contributed by atoms with van der Waals surface area (Å²) in [5.41, 5.74) is 0.761. The predicted octanol–water partition coefficient (Wildman–Crippen LogP) is -3.18. The standard InChI is InChI=1S/C12H11NO4.K/c14-10(15)6-3-7-13-11(16)8-4-1-2-5-9(8)12(13)17;/h1-2,4-5H,3,6-7H2,(H,14,15);/q;+1/p-1. The normalized spacial score (nSPS) is 13.2. The number of carboxylic acid groups (broad SMARTS) is 1. The van der Waals surface area contributed by atoms with Crippen LogP contribution in [0.4, 0.5) is 0 Å². The van der Waals surface area contributed by atoms with Crippen molar-refractivity contribution in [1.82, 2.24) is 4.90 Å². The van der Waals surface area contributed by atoms with Crippen molar-refractivity contribution in [3.8, 4) is 0 Å². The number of carbonyl (C=O) groups excluding carboxylic acids is 3. The zero-order valence-electron chi connectivity index (χ0n) is 10.0. The Kier molecular flexibility index (Phi) is 5.67. The molecule has 0 unspecified atom stereocenters. The zero-order chi connectivity index (χ0) is 12.4. The molecule has 0 fully saturated rings.